The maximum absolute atomic E-state index is 12.5. The number of nitrogens with one attached hydrogen (secondary N) is 1. The normalized spacial score (nSPS) is 10.9. The molecule has 3 rings (SSSR count). The second-order valence-electron chi connectivity index (χ2n) is 6.08. The first-order valence-corrected chi connectivity index (χ1v) is 8.76. The molecule has 2 heterocycles. The Balaban J connectivity index is 1.90. The van der Waals surface area contributed by atoms with Gasteiger partial charge in [-0.05, 0) is 44.5 Å². The average molecular weight is 356 g/mol. The zero-order valence-corrected chi connectivity index (χ0v) is 15.5. The standard InChI is InChI=1S/C19H20N2O3S/c1-11-5-6-14(12(2)7-11)20-18(22)10-21-15-8-13(3)25-17(15)9-16(21)19(23)24-4/h5-9H,10H2,1-4H3,(H,20,22). The van der Waals surface area contributed by atoms with Crippen LogP contribution in [0.2, 0.25) is 0 Å². The highest BCUT2D eigenvalue weighted by molar-refractivity contribution is 7.19. The Morgan fingerprint density at radius 2 is 1.92 bits per heavy atom. The van der Waals surface area contributed by atoms with E-state index in [0.29, 0.717) is 5.69 Å². The zero-order valence-electron chi connectivity index (χ0n) is 14.7. The fraction of sp³-hybridized carbons (Fsp3) is 0.263. The van der Waals surface area contributed by atoms with Crippen LogP contribution in [0.5, 0.6) is 0 Å². The Morgan fingerprint density at radius 3 is 2.60 bits per heavy atom. The smallest absolute Gasteiger partial charge is 0.354 e. The molecule has 0 saturated heterocycles. The predicted octanol–water partition coefficient (Wildman–Crippen LogP) is 4.05. The van der Waals surface area contributed by atoms with Crippen molar-refractivity contribution in [1.82, 2.24) is 4.57 Å². The third kappa shape index (κ3) is 3.44. The average Bonchev–Trinajstić information content (AvgIpc) is 3.07. The van der Waals surface area contributed by atoms with Crippen molar-refractivity contribution in [2.45, 2.75) is 27.3 Å². The maximum Gasteiger partial charge on any atom is 0.354 e. The van der Waals surface area contributed by atoms with E-state index in [9.17, 15) is 9.59 Å². The van der Waals surface area contributed by atoms with Crippen molar-refractivity contribution in [2.24, 2.45) is 0 Å². The van der Waals surface area contributed by atoms with Crippen LogP contribution in [-0.4, -0.2) is 23.6 Å². The van der Waals surface area contributed by atoms with Crippen molar-refractivity contribution in [2.75, 3.05) is 12.4 Å². The van der Waals surface area contributed by atoms with Crippen LogP contribution >= 0.6 is 11.3 Å². The first-order chi connectivity index (χ1) is 11.9. The van der Waals surface area contributed by atoms with Crippen LogP contribution in [0.3, 0.4) is 0 Å². The maximum atomic E-state index is 12.5. The number of rotatable bonds is 4. The van der Waals surface area contributed by atoms with Crippen LogP contribution in [-0.2, 0) is 16.1 Å². The second-order valence-corrected chi connectivity index (χ2v) is 7.37. The number of amides is 1. The van der Waals surface area contributed by atoms with E-state index in [-0.39, 0.29) is 12.5 Å². The number of hydrogen-bond donors (Lipinski definition) is 1. The number of aromatic nitrogens is 1. The van der Waals surface area contributed by atoms with Gasteiger partial charge in [0.15, 0.2) is 0 Å². The van der Waals surface area contributed by atoms with Crippen LogP contribution < -0.4 is 5.32 Å². The third-order valence-corrected chi connectivity index (χ3v) is 5.05. The quantitative estimate of drug-likeness (QED) is 0.717. The van der Waals surface area contributed by atoms with Gasteiger partial charge in [-0.25, -0.2) is 4.79 Å². The molecule has 0 bridgehead atoms. The summed E-state index contributed by atoms with van der Waals surface area (Å²) < 4.78 is 7.53. The van der Waals surface area contributed by atoms with Crippen molar-refractivity contribution >= 4 is 39.1 Å². The van der Waals surface area contributed by atoms with Crippen molar-refractivity contribution in [3.8, 4) is 0 Å². The van der Waals surface area contributed by atoms with E-state index in [4.69, 9.17) is 4.74 Å². The molecule has 0 aliphatic carbocycles. The van der Waals surface area contributed by atoms with Crippen LogP contribution in [0.25, 0.3) is 10.2 Å². The topological polar surface area (TPSA) is 60.3 Å². The third-order valence-electron chi connectivity index (χ3n) is 4.07. The monoisotopic (exact) mass is 356 g/mol. The summed E-state index contributed by atoms with van der Waals surface area (Å²) in [6.07, 6.45) is 0. The Morgan fingerprint density at radius 1 is 1.16 bits per heavy atom. The molecule has 0 unspecified atom stereocenters. The summed E-state index contributed by atoms with van der Waals surface area (Å²) in [5.74, 6) is -0.626. The van der Waals surface area contributed by atoms with E-state index in [0.717, 1.165) is 31.9 Å². The van der Waals surface area contributed by atoms with Crippen molar-refractivity contribution in [1.29, 1.82) is 0 Å². The Bertz CT molecular complexity index is 969. The van der Waals surface area contributed by atoms with Crippen molar-refractivity contribution in [3.63, 3.8) is 0 Å². The van der Waals surface area contributed by atoms with Gasteiger partial charge in [0.05, 0.1) is 17.3 Å². The molecule has 0 aliphatic heterocycles. The lowest BCUT2D eigenvalue weighted by atomic mass is 10.1. The lowest BCUT2D eigenvalue weighted by Crippen LogP contribution is -2.22. The number of carbonyl (C=O) groups is 2. The molecule has 0 fully saturated rings. The van der Waals surface area contributed by atoms with E-state index in [1.807, 2.05) is 45.0 Å². The van der Waals surface area contributed by atoms with Crippen LogP contribution in [0, 0.1) is 20.8 Å². The molecule has 1 amide bonds. The number of anilines is 1. The molecule has 0 spiro atoms. The second kappa shape index (κ2) is 6.72. The lowest BCUT2D eigenvalue weighted by Gasteiger charge is -2.12. The number of methoxy groups -OCH3 is 1. The Labute approximate surface area is 150 Å². The van der Waals surface area contributed by atoms with E-state index in [1.54, 1.807) is 22.0 Å². The van der Waals surface area contributed by atoms with Crippen LogP contribution in [0.15, 0.2) is 30.3 Å². The van der Waals surface area contributed by atoms with Gasteiger partial charge < -0.3 is 14.6 Å². The molecule has 0 aliphatic rings. The number of hydrogen-bond acceptors (Lipinski definition) is 4. The number of benzene rings is 1. The molecule has 6 heteroatoms. The summed E-state index contributed by atoms with van der Waals surface area (Å²) in [6.45, 7) is 6.02. The number of fused-ring (bicyclic) bond motifs is 1. The molecule has 1 aromatic carbocycles. The summed E-state index contributed by atoms with van der Waals surface area (Å²) in [4.78, 5) is 25.7. The minimum Gasteiger partial charge on any atom is -0.464 e. The van der Waals surface area contributed by atoms with Gasteiger partial charge in [-0.3, -0.25) is 4.79 Å². The molecule has 1 N–H and O–H groups in total. The molecule has 25 heavy (non-hydrogen) atoms. The molecule has 130 valence electrons. The van der Waals surface area contributed by atoms with Crippen LogP contribution in [0.1, 0.15) is 26.5 Å². The molecule has 5 nitrogen and oxygen atoms in total. The van der Waals surface area contributed by atoms with Crippen molar-refractivity contribution < 1.29 is 14.3 Å². The summed E-state index contributed by atoms with van der Waals surface area (Å²) in [5, 5.41) is 2.92. The highest BCUT2D eigenvalue weighted by Crippen LogP contribution is 2.29. The number of thiophene rings is 1. The highest BCUT2D eigenvalue weighted by atomic mass is 32.1. The molecular weight excluding hydrogens is 336 g/mol. The summed E-state index contributed by atoms with van der Waals surface area (Å²) >= 11 is 1.59. The summed E-state index contributed by atoms with van der Waals surface area (Å²) in [5.41, 5.74) is 4.19. The zero-order chi connectivity index (χ0) is 18.1. The number of nitrogens with zero attached hydrogens (tertiary/aromatic N) is 1. The minimum absolute atomic E-state index is 0.0530. The lowest BCUT2D eigenvalue weighted by molar-refractivity contribution is -0.116. The fourth-order valence-corrected chi connectivity index (χ4v) is 3.86. The number of esters is 1. The van der Waals surface area contributed by atoms with E-state index in [1.165, 1.54) is 7.11 Å². The van der Waals surface area contributed by atoms with E-state index >= 15 is 0 Å². The largest absolute Gasteiger partial charge is 0.464 e. The van der Waals surface area contributed by atoms with Crippen LogP contribution in [0.4, 0.5) is 5.69 Å². The minimum atomic E-state index is -0.444. The SMILES string of the molecule is COC(=O)c1cc2sc(C)cc2n1CC(=O)Nc1ccc(C)cc1C. The van der Waals surface area contributed by atoms with Gasteiger partial charge in [-0.1, -0.05) is 17.7 Å². The molecule has 3 aromatic rings. The van der Waals surface area contributed by atoms with Gasteiger partial charge in [-0.15, -0.1) is 11.3 Å². The Hall–Kier alpha value is -2.60. The Kier molecular flexibility index (Phi) is 4.63. The van der Waals surface area contributed by atoms with Gasteiger partial charge in [-0.2, -0.15) is 0 Å². The molecule has 0 radical (unpaired) electrons. The molecule has 0 atom stereocenters. The fourth-order valence-electron chi connectivity index (χ4n) is 2.90. The van der Waals surface area contributed by atoms with E-state index < -0.39 is 5.97 Å². The van der Waals surface area contributed by atoms with Gasteiger partial charge in [0, 0.05) is 10.6 Å². The van der Waals surface area contributed by atoms with Gasteiger partial charge in [0.2, 0.25) is 5.91 Å². The molecular formula is C19H20N2O3S. The first-order valence-electron chi connectivity index (χ1n) is 7.94. The summed E-state index contributed by atoms with van der Waals surface area (Å²) in [6, 6.07) is 9.63. The summed E-state index contributed by atoms with van der Waals surface area (Å²) in [7, 11) is 1.34. The number of ether oxygens (including phenoxy) is 1. The predicted molar refractivity (Wildman–Crippen MR) is 100 cm³/mol. The number of carbonyl (C=O) groups excluding carboxylic acids is 2. The first kappa shape index (κ1) is 17.2. The van der Waals surface area contributed by atoms with Gasteiger partial charge >= 0.3 is 5.97 Å². The molecule has 2 aromatic heterocycles. The van der Waals surface area contributed by atoms with E-state index in [2.05, 4.69) is 5.32 Å². The number of aryl methyl sites for hydroxylation is 3. The van der Waals surface area contributed by atoms with Gasteiger partial charge in [0.25, 0.3) is 0 Å². The highest BCUT2D eigenvalue weighted by Gasteiger charge is 2.19. The van der Waals surface area contributed by atoms with Gasteiger partial charge in [0.1, 0.15) is 12.2 Å². The molecule has 0 saturated carbocycles. The van der Waals surface area contributed by atoms with Crippen molar-refractivity contribution in [3.05, 3.63) is 52.0 Å².